The Balaban J connectivity index is 1.95. The zero-order valence-electron chi connectivity index (χ0n) is 11.0. The van der Waals surface area contributed by atoms with E-state index in [0.717, 1.165) is 15.2 Å². The summed E-state index contributed by atoms with van der Waals surface area (Å²) in [5, 5.41) is 4.64. The lowest BCUT2D eigenvalue weighted by atomic mass is 10.1. The van der Waals surface area contributed by atoms with Crippen molar-refractivity contribution in [1.82, 2.24) is 4.98 Å². The van der Waals surface area contributed by atoms with Crippen molar-refractivity contribution in [3.05, 3.63) is 64.9 Å². The lowest BCUT2D eigenvalue weighted by molar-refractivity contribution is 0.102. The molecule has 1 heterocycles. The Bertz CT molecular complexity index is 827. The number of amides is 1. The SMILES string of the molecule is Nc1ccc(NC(=O)c2nccc3ccccc23)cc1Br. The molecule has 1 aromatic heterocycles. The van der Waals surface area contributed by atoms with E-state index in [-0.39, 0.29) is 5.91 Å². The van der Waals surface area contributed by atoms with E-state index in [1.807, 2.05) is 30.3 Å². The zero-order chi connectivity index (χ0) is 14.8. The third-order valence-electron chi connectivity index (χ3n) is 3.15. The molecule has 5 heteroatoms. The van der Waals surface area contributed by atoms with Crippen LogP contribution in [0.1, 0.15) is 10.5 Å². The van der Waals surface area contributed by atoms with Gasteiger partial charge in [0.05, 0.1) is 0 Å². The molecule has 0 saturated heterocycles. The number of nitrogens with zero attached hydrogens (tertiary/aromatic N) is 1. The summed E-state index contributed by atoms with van der Waals surface area (Å²) in [7, 11) is 0. The fourth-order valence-corrected chi connectivity index (χ4v) is 2.47. The molecule has 0 fully saturated rings. The fraction of sp³-hybridized carbons (Fsp3) is 0. The number of rotatable bonds is 2. The average Bonchev–Trinajstić information content (AvgIpc) is 2.50. The van der Waals surface area contributed by atoms with Gasteiger partial charge in [-0.2, -0.15) is 0 Å². The molecule has 0 unspecified atom stereocenters. The van der Waals surface area contributed by atoms with Crippen molar-refractivity contribution in [2.75, 3.05) is 11.1 Å². The van der Waals surface area contributed by atoms with E-state index >= 15 is 0 Å². The van der Waals surface area contributed by atoms with Crippen molar-refractivity contribution in [2.24, 2.45) is 0 Å². The van der Waals surface area contributed by atoms with E-state index in [4.69, 9.17) is 5.73 Å². The highest BCUT2D eigenvalue weighted by molar-refractivity contribution is 9.10. The standard InChI is InChI=1S/C16H12BrN3O/c17-13-9-11(5-6-14(13)18)20-16(21)15-12-4-2-1-3-10(12)7-8-19-15/h1-9H,18H2,(H,20,21). The van der Waals surface area contributed by atoms with Crippen molar-refractivity contribution in [1.29, 1.82) is 0 Å². The molecular weight excluding hydrogens is 330 g/mol. The smallest absolute Gasteiger partial charge is 0.274 e. The first-order chi connectivity index (χ1) is 10.1. The van der Waals surface area contributed by atoms with Crippen LogP contribution in [0.3, 0.4) is 0 Å². The van der Waals surface area contributed by atoms with Crippen LogP contribution in [-0.4, -0.2) is 10.9 Å². The van der Waals surface area contributed by atoms with Crippen molar-refractivity contribution in [3.63, 3.8) is 0 Å². The Hall–Kier alpha value is -2.40. The van der Waals surface area contributed by atoms with Crippen LogP contribution in [0.25, 0.3) is 10.8 Å². The number of halogens is 1. The Kier molecular flexibility index (Phi) is 3.58. The van der Waals surface area contributed by atoms with Crippen molar-refractivity contribution >= 4 is 44.0 Å². The van der Waals surface area contributed by atoms with Gasteiger partial charge in [0.1, 0.15) is 5.69 Å². The Morgan fingerprint density at radius 1 is 1.14 bits per heavy atom. The summed E-state index contributed by atoms with van der Waals surface area (Å²) in [5.41, 5.74) is 7.42. The third-order valence-corrected chi connectivity index (χ3v) is 3.83. The molecule has 2 aromatic carbocycles. The second-order valence-corrected chi connectivity index (χ2v) is 5.43. The van der Waals surface area contributed by atoms with E-state index < -0.39 is 0 Å². The van der Waals surface area contributed by atoms with Gasteiger partial charge in [-0.1, -0.05) is 24.3 Å². The molecule has 0 radical (unpaired) electrons. The van der Waals surface area contributed by atoms with Crippen molar-refractivity contribution < 1.29 is 4.79 Å². The Morgan fingerprint density at radius 2 is 1.95 bits per heavy atom. The topological polar surface area (TPSA) is 68.0 Å². The molecular formula is C16H12BrN3O. The maximum atomic E-state index is 12.4. The lowest BCUT2D eigenvalue weighted by Crippen LogP contribution is -2.14. The monoisotopic (exact) mass is 341 g/mol. The zero-order valence-corrected chi connectivity index (χ0v) is 12.6. The Labute approximate surface area is 130 Å². The van der Waals surface area contributed by atoms with E-state index in [2.05, 4.69) is 26.2 Å². The maximum Gasteiger partial charge on any atom is 0.274 e. The van der Waals surface area contributed by atoms with Gasteiger partial charge in [0.15, 0.2) is 0 Å². The number of pyridine rings is 1. The molecule has 104 valence electrons. The largest absolute Gasteiger partial charge is 0.398 e. The predicted molar refractivity (Wildman–Crippen MR) is 88.3 cm³/mol. The van der Waals surface area contributed by atoms with E-state index in [1.54, 1.807) is 24.4 Å². The van der Waals surface area contributed by atoms with Gasteiger partial charge in [0.25, 0.3) is 5.91 Å². The highest BCUT2D eigenvalue weighted by Crippen LogP contribution is 2.24. The molecule has 3 aromatic rings. The van der Waals surface area contributed by atoms with Crippen LogP contribution < -0.4 is 11.1 Å². The molecule has 0 atom stereocenters. The minimum Gasteiger partial charge on any atom is -0.398 e. The van der Waals surface area contributed by atoms with E-state index in [0.29, 0.717) is 17.1 Å². The van der Waals surface area contributed by atoms with Crippen LogP contribution in [0, 0.1) is 0 Å². The minimum absolute atomic E-state index is 0.247. The number of nitrogens with two attached hydrogens (primary N) is 1. The number of hydrogen-bond acceptors (Lipinski definition) is 3. The molecule has 3 N–H and O–H groups in total. The number of nitrogens with one attached hydrogen (secondary N) is 1. The van der Waals surface area contributed by atoms with E-state index in [1.165, 1.54) is 0 Å². The average molecular weight is 342 g/mol. The number of benzene rings is 2. The quantitative estimate of drug-likeness (QED) is 0.696. The minimum atomic E-state index is -0.247. The number of hydrogen-bond donors (Lipinski definition) is 2. The molecule has 4 nitrogen and oxygen atoms in total. The summed E-state index contributed by atoms with van der Waals surface area (Å²) >= 11 is 3.34. The summed E-state index contributed by atoms with van der Waals surface area (Å²) in [6, 6.07) is 14.8. The van der Waals surface area contributed by atoms with Gasteiger partial charge in [-0.05, 0) is 45.6 Å². The summed E-state index contributed by atoms with van der Waals surface area (Å²) in [6.07, 6.45) is 1.64. The molecule has 0 aliphatic rings. The van der Waals surface area contributed by atoms with Crippen LogP contribution in [-0.2, 0) is 0 Å². The van der Waals surface area contributed by atoms with Gasteiger partial charge < -0.3 is 11.1 Å². The number of nitrogen functional groups attached to an aromatic ring is 1. The highest BCUT2D eigenvalue weighted by Gasteiger charge is 2.12. The van der Waals surface area contributed by atoms with Crippen LogP contribution in [0.5, 0.6) is 0 Å². The second kappa shape index (κ2) is 5.54. The number of carbonyl (C=O) groups excluding carboxylic acids is 1. The molecule has 0 aliphatic carbocycles. The van der Waals surface area contributed by atoms with Crippen LogP contribution in [0.4, 0.5) is 11.4 Å². The summed E-state index contributed by atoms with van der Waals surface area (Å²) in [5.74, 6) is -0.247. The van der Waals surface area contributed by atoms with E-state index in [9.17, 15) is 4.79 Å². The predicted octanol–water partition coefficient (Wildman–Crippen LogP) is 3.83. The molecule has 1 amide bonds. The van der Waals surface area contributed by atoms with Gasteiger partial charge in [-0.25, -0.2) is 0 Å². The molecule has 21 heavy (non-hydrogen) atoms. The number of aromatic nitrogens is 1. The summed E-state index contributed by atoms with van der Waals surface area (Å²) in [6.45, 7) is 0. The molecule has 0 saturated carbocycles. The van der Waals surface area contributed by atoms with Gasteiger partial charge >= 0.3 is 0 Å². The van der Waals surface area contributed by atoms with Crippen LogP contribution in [0.2, 0.25) is 0 Å². The molecule has 0 aliphatic heterocycles. The van der Waals surface area contributed by atoms with Crippen LogP contribution >= 0.6 is 15.9 Å². The van der Waals surface area contributed by atoms with Gasteiger partial charge in [-0.15, -0.1) is 0 Å². The summed E-state index contributed by atoms with van der Waals surface area (Å²) in [4.78, 5) is 16.6. The third kappa shape index (κ3) is 2.73. The van der Waals surface area contributed by atoms with Gasteiger partial charge in [-0.3, -0.25) is 9.78 Å². The van der Waals surface area contributed by atoms with Crippen molar-refractivity contribution in [3.8, 4) is 0 Å². The highest BCUT2D eigenvalue weighted by atomic mass is 79.9. The summed E-state index contributed by atoms with van der Waals surface area (Å²) < 4.78 is 0.742. The molecule has 3 rings (SSSR count). The molecule has 0 spiro atoms. The second-order valence-electron chi connectivity index (χ2n) is 4.57. The Morgan fingerprint density at radius 3 is 2.76 bits per heavy atom. The molecule has 0 bridgehead atoms. The first-order valence-electron chi connectivity index (χ1n) is 6.35. The first kappa shape index (κ1) is 13.6. The van der Waals surface area contributed by atoms with Gasteiger partial charge in [0.2, 0.25) is 0 Å². The van der Waals surface area contributed by atoms with Crippen molar-refractivity contribution in [2.45, 2.75) is 0 Å². The number of fused-ring (bicyclic) bond motifs is 1. The number of anilines is 2. The maximum absolute atomic E-state index is 12.4. The lowest BCUT2D eigenvalue weighted by Gasteiger charge is -2.08. The van der Waals surface area contributed by atoms with Crippen LogP contribution in [0.15, 0.2) is 59.2 Å². The first-order valence-corrected chi connectivity index (χ1v) is 7.14. The normalized spacial score (nSPS) is 10.5. The van der Waals surface area contributed by atoms with Gasteiger partial charge in [0, 0.05) is 27.4 Å². The number of carbonyl (C=O) groups is 1. The fourth-order valence-electron chi connectivity index (χ4n) is 2.10.